The number of aromatic carboxylic acids is 1. The first kappa shape index (κ1) is 15.2. The molecule has 2 N–H and O–H groups in total. The van der Waals surface area contributed by atoms with Crippen LogP contribution in [0.3, 0.4) is 0 Å². The number of rotatable bonds is 6. The lowest BCUT2D eigenvalue weighted by atomic mass is 10.1. The molecule has 1 aromatic heterocycles. The van der Waals surface area contributed by atoms with Gasteiger partial charge in [-0.15, -0.1) is 0 Å². The molecule has 1 aromatic carbocycles. The van der Waals surface area contributed by atoms with E-state index in [4.69, 9.17) is 5.11 Å². The average molecular weight is 309 g/mol. The first-order valence-electron chi connectivity index (χ1n) is 6.20. The predicted molar refractivity (Wildman–Crippen MR) is 75.6 cm³/mol. The minimum Gasteiger partial charge on any atom is -0.478 e. The van der Waals surface area contributed by atoms with E-state index in [-0.39, 0.29) is 22.6 Å². The second-order valence-corrected chi connectivity index (χ2v) is 6.17. The van der Waals surface area contributed by atoms with E-state index in [1.165, 1.54) is 25.1 Å². The van der Waals surface area contributed by atoms with E-state index >= 15 is 0 Å². The fourth-order valence-corrected chi connectivity index (χ4v) is 3.23. The number of benzene rings is 1. The van der Waals surface area contributed by atoms with Gasteiger partial charge in [-0.25, -0.2) is 22.9 Å². The minimum absolute atomic E-state index is 0.0203. The smallest absolute Gasteiger partial charge is 0.335 e. The number of nitrogens with zero attached hydrogens (tertiary/aromatic N) is 2. The second kappa shape index (κ2) is 6.06. The Balaban J connectivity index is 2.16. The number of aromatic nitrogens is 2. The van der Waals surface area contributed by atoms with Gasteiger partial charge >= 0.3 is 5.97 Å². The standard InChI is InChI=1S/C13H15N3O4S/c1-10-11(13(17)18)3-2-4-12(10)21(19,20)15-6-8-16-7-5-14-9-16/h2-5,7,9,15H,6,8H2,1H3,(H,17,18). The highest BCUT2D eigenvalue weighted by atomic mass is 32.2. The molecule has 0 fully saturated rings. The second-order valence-electron chi connectivity index (χ2n) is 4.43. The van der Waals surface area contributed by atoms with Gasteiger partial charge < -0.3 is 9.67 Å². The molecule has 21 heavy (non-hydrogen) atoms. The Morgan fingerprint density at radius 3 is 2.81 bits per heavy atom. The molecular weight excluding hydrogens is 294 g/mol. The largest absolute Gasteiger partial charge is 0.478 e. The Hall–Kier alpha value is -2.19. The van der Waals surface area contributed by atoms with Crippen LogP contribution in [0, 0.1) is 6.92 Å². The van der Waals surface area contributed by atoms with Gasteiger partial charge in [0.05, 0.1) is 16.8 Å². The highest BCUT2D eigenvalue weighted by Crippen LogP contribution is 2.18. The highest BCUT2D eigenvalue weighted by molar-refractivity contribution is 7.89. The number of hydrogen-bond donors (Lipinski definition) is 2. The molecule has 7 nitrogen and oxygen atoms in total. The average Bonchev–Trinajstić information content (AvgIpc) is 2.91. The van der Waals surface area contributed by atoms with Gasteiger partial charge in [-0.05, 0) is 24.6 Å². The fourth-order valence-electron chi connectivity index (χ4n) is 1.94. The van der Waals surface area contributed by atoms with Crippen LogP contribution < -0.4 is 4.72 Å². The van der Waals surface area contributed by atoms with Crippen LogP contribution in [0.1, 0.15) is 15.9 Å². The number of nitrogens with one attached hydrogen (secondary N) is 1. The molecule has 0 saturated carbocycles. The Morgan fingerprint density at radius 1 is 1.43 bits per heavy atom. The molecule has 2 rings (SSSR count). The fraction of sp³-hybridized carbons (Fsp3) is 0.231. The monoisotopic (exact) mass is 309 g/mol. The summed E-state index contributed by atoms with van der Waals surface area (Å²) in [6.45, 7) is 2.11. The van der Waals surface area contributed by atoms with Crippen LogP contribution in [-0.4, -0.2) is 35.6 Å². The number of sulfonamides is 1. The van der Waals surface area contributed by atoms with Crippen LogP contribution in [0.4, 0.5) is 0 Å². The van der Waals surface area contributed by atoms with E-state index < -0.39 is 16.0 Å². The summed E-state index contributed by atoms with van der Waals surface area (Å²) >= 11 is 0. The molecule has 0 aliphatic carbocycles. The number of hydrogen-bond acceptors (Lipinski definition) is 4. The molecule has 0 radical (unpaired) electrons. The summed E-state index contributed by atoms with van der Waals surface area (Å²) in [5, 5.41) is 9.03. The minimum atomic E-state index is -3.75. The number of carboxylic acids is 1. The van der Waals surface area contributed by atoms with Gasteiger partial charge in [0.1, 0.15) is 0 Å². The third-order valence-electron chi connectivity index (χ3n) is 3.03. The van der Waals surface area contributed by atoms with Crippen molar-refractivity contribution >= 4 is 16.0 Å². The van der Waals surface area contributed by atoms with E-state index in [0.717, 1.165) is 0 Å². The summed E-state index contributed by atoms with van der Waals surface area (Å²) in [4.78, 5) is 14.9. The van der Waals surface area contributed by atoms with E-state index in [1.54, 1.807) is 23.3 Å². The highest BCUT2D eigenvalue weighted by Gasteiger charge is 2.20. The van der Waals surface area contributed by atoms with Crippen LogP contribution in [0.15, 0.2) is 41.8 Å². The Bertz CT molecular complexity index is 739. The maximum atomic E-state index is 12.2. The first-order chi connectivity index (χ1) is 9.92. The molecule has 2 aromatic rings. The topological polar surface area (TPSA) is 101 Å². The molecule has 0 saturated heterocycles. The number of imidazole rings is 1. The summed E-state index contributed by atoms with van der Waals surface area (Å²) in [5.41, 5.74) is 0.201. The van der Waals surface area contributed by atoms with Gasteiger partial charge in [0.2, 0.25) is 10.0 Å². The van der Waals surface area contributed by atoms with Crippen LogP contribution in [0.25, 0.3) is 0 Å². The summed E-state index contributed by atoms with van der Waals surface area (Å²) in [6, 6.07) is 4.18. The lowest BCUT2D eigenvalue weighted by Gasteiger charge is -2.11. The molecule has 0 bridgehead atoms. The molecule has 0 aliphatic heterocycles. The van der Waals surface area contributed by atoms with E-state index in [9.17, 15) is 13.2 Å². The van der Waals surface area contributed by atoms with Crippen LogP contribution >= 0.6 is 0 Å². The van der Waals surface area contributed by atoms with Crippen molar-refractivity contribution in [1.82, 2.24) is 14.3 Å². The summed E-state index contributed by atoms with van der Waals surface area (Å²) in [7, 11) is -3.75. The lowest BCUT2D eigenvalue weighted by Crippen LogP contribution is -2.28. The molecule has 0 aliphatic rings. The number of carboxylic acid groups (broad SMARTS) is 1. The van der Waals surface area contributed by atoms with Crippen molar-refractivity contribution in [2.45, 2.75) is 18.4 Å². The first-order valence-corrected chi connectivity index (χ1v) is 7.68. The summed E-state index contributed by atoms with van der Waals surface area (Å²) in [6.07, 6.45) is 4.92. The van der Waals surface area contributed by atoms with E-state index in [2.05, 4.69) is 9.71 Å². The molecule has 0 amide bonds. The van der Waals surface area contributed by atoms with Gasteiger partial charge in [-0.2, -0.15) is 0 Å². The lowest BCUT2D eigenvalue weighted by molar-refractivity contribution is 0.0696. The quantitative estimate of drug-likeness (QED) is 0.824. The maximum Gasteiger partial charge on any atom is 0.335 e. The van der Waals surface area contributed by atoms with Crippen LogP contribution in [0.2, 0.25) is 0 Å². The summed E-state index contributed by atoms with van der Waals surface area (Å²) < 4.78 is 28.6. The maximum absolute atomic E-state index is 12.2. The summed E-state index contributed by atoms with van der Waals surface area (Å²) in [5.74, 6) is -1.15. The molecule has 0 spiro atoms. The SMILES string of the molecule is Cc1c(C(=O)O)cccc1S(=O)(=O)NCCn1ccnc1. The zero-order chi connectivity index (χ0) is 15.5. The van der Waals surface area contributed by atoms with Crippen LogP contribution in [0.5, 0.6) is 0 Å². The Labute approximate surface area is 122 Å². The van der Waals surface area contributed by atoms with Gasteiger partial charge in [0, 0.05) is 25.5 Å². The normalized spacial score (nSPS) is 11.5. The van der Waals surface area contributed by atoms with Crippen molar-refractivity contribution in [1.29, 1.82) is 0 Å². The zero-order valence-electron chi connectivity index (χ0n) is 11.4. The third-order valence-corrected chi connectivity index (χ3v) is 4.63. The van der Waals surface area contributed by atoms with E-state index in [1.807, 2.05) is 0 Å². The van der Waals surface area contributed by atoms with Gasteiger partial charge in [0.25, 0.3) is 0 Å². The zero-order valence-corrected chi connectivity index (χ0v) is 12.2. The Kier molecular flexibility index (Phi) is 4.39. The van der Waals surface area contributed by atoms with Crippen molar-refractivity contribution in [2.75, 3.05) is 6.54 Å². The Morgan fingerprint density at radius 2 is 2.19 bits per heavy atom. The van der Waals surface area contributed by atoms with Crippen molar-refractivity contribution < 1.29 is 18.3 Å². The van der Waals surface area contributed by atoms with Crippen molar-refractivity contribution in [3.05, 3.63) is 48.0 Å². The molecule has 0 atom stereocenters. The van der Waals surface area contributed by atoms with Crippen molar-refractivity contribution in [2.24, 2.45) is 0 Å². The van der Waals surface area contributed by atoms with Crippen molar-refractivity contribution in [3.63, 3.8) is 0 Å². The van der Waals surface area contributed by atoms with Gasteiger partial charge in [0.15, 0.2) is 0 Å². The van der Waals surface area contributed by atoms with Crippen molar-refractivity contribution in [3.8, 4) is 0 Å². The third kappa shape index (κ3) is 3.47. The number of carbonyl (C=O) groups is 1. The molecule has 112 valence electrons. The van der Waals surface area contributed by atoms with Gasteiger partial charge in [-0.1, -0.05) is 6.07 Å². The predicted octanol–water partition coefficient (Wildman–Crippen LogP) is 0.868. The molecule has 1 heterocycles. The molecule has 0 unspecified atom stereocenters. The molecule has 8 heteroatoms. The van der Waals surface area contributed by atoms with Gasteiger partial charge in [-0.3, -0.25) is 0 Å². The van der Waals surface area contributed by atoms with Crippen LogP contribution in [-0.2, 0) is 16.6 Å². The van der Waals surface area contributed by atoms with E-state index in [0.29, 0.717) is 6.54 Å². The molecular formula is C13H15N3O4S.